The molecule has 8 heteroatoms. The van der Waals surface area contributed by atoms with Crippen LogP contribution < -0.4 is 0 Å². The number of fused-ring (bicyclic) bond motifs is 1. The Bertz CT molecular complexity index is 730. The van der Waals surface area contributed by atoms with Crippen LogP contribution in [0.5, 0.6) is 0 Å². The summed E-state index contributed by atoms with van der Waals surface area (Å²) in [4.78, 5) is 13.3. The highest BCUT2D eigenvalue weighted by Gasteiger charge is 2.37. The zero-order valence-electron chi connectivity index (χ0n) is 11.2. The van der Waals surface area contributed by atoms with E-state index in [1.54, 1.807) is 30.5 Å². The number of nitrogens with zero attached hydrogens (tertiary/aromatic N) is 3. The van der Waals surface area contributed by atoms with Crippen LogP contribution in [0.3, 0.4) is 0 Å². The van der Waals surface area contributed by atoms with Crippen LogP contribution in [0.1, 0.15) is 5.56 Å². The zero-order valence-corrected chi connectivity index (χ0v) is 12.7. The van der Waals surface area contributed by atoms with E-state index in [0.29, 0.717) is 26.3 Å². The number of halogens is 2. The Morgan fingerprint density at radius 2 is 2.00 bits per heavy atom. The third-order valence-corrected chi connectivity index (χ3v) is 4.16. The van der Waals surface area contributed by atoms with Crippen molar-refractivity contribution in [2.45, 2.75) is 12.5 Å². The maximum absolute atomic E-state index is 12.4. The molecule has 1 atom stereocenters. The van der Waals surface area contributed by atoms with Gasteiger partial charge in [-0.1, -0.05) is 29.3 Å². The van der Waals surface area contributed by atoms with Gasteiger partial charge in [-0.2, -0.15) is 5.06 Å². The molecule has 2 heterocycles. The minimum Gasteiger partial charge on any atom is -0.714 e. The predicted molar refractivity (Wildman–Crippen MR) is 81.3 cm³/mol. The summed E-state index contributed by atoms with van der Waals surface area (Å²) in [6.45, 7) is 0. The van der Waals surface area contributed by atoms with Crippen molar-refractivity contribution in [1.29, 1.82) is 0 Å². The molecule has 0 aliphatic carbocycles. The number of carbonyl (C=O) groups is 1. The quantitative estimate of drug-likeness (QED) is 0.510. The van der Waals surface area contributed by atoms with Crippen molar-refractivity contribution in [3.05, 3.63) is 63.7 Å². The molecule has 1 aromatic carbocycles. The average molecular weight is 340 g/mol. The molecule has 2 aliphatic rings. The van der Waals surface area contributed by atoms with Gasteiger partial charge in [0.05, 0.1) is 22.4 Å². The lowest BCUT2D eigenvalue weighted by Crippen LogP contribution is -2.50. The molecule has 0 saturated carbocycles. The molecule has 0 aromatic heterocycles. The maximum Gasteiger partial charge on any atom is 0.364 e. The molecule has 1 amide bonds. The third kappa shape index (κ3) is 2.56. The highest BCUT2D eigenvalue weighted by Crippen LogP contribution is 2.24. The van der Waals surface area contributed by atoms with Gasteiger partial charge >= 0.3 is 11.7 Å². The van der Waals surface area contributed by atoms with E-state index in [2.05, 4.69) is 0 Å². The van der Waals surface area contributed by atoms with Crippen molar-refractivity contribution in [3.8, 4) is 0 Å². The Morgan fingerprint density at radius 3 is 2.73 bits per heavy atom. The van der Waals surface area contributed by atoms with Gasteiger partial charge in [-0.25, -0.2) is 4.90 Å². The van der Waals surface area contributed by atoms with Crippen LogP contribution in [0.2, 0.25) is 10.0 Å². The van der Waals surface area contributed by atoms with Gasteiger partial charge in [0.15, 0.2) is 0 Å². The average Bonchev–Trinajstić information content (AvgIpc) is 2.49. The zero-order chi connectivity index (χ0) is 15.9. The standard InChI is InChI=1S/C14H11Cl2N3O3/c15-11-2-1-9(8-12(11)16)7-10-3-4-17-5-6-18(21)14(20)13(17)19(10)22/h1-6,8,10,21H,7H2. The van der Waals surface area contributed by atoms with Crippen molar-refractivity contribution in [2.24, 2.45) is 0 Å². The van der Waals surface area contributed by atoms with Gasteiger partial charge in [0.1, 0.15) is 12.2 Å². The molecule has 1 unspecified atom stereocenters. The fourth-order valence-electron chi connectivity index (χ4n) is 2.30. The molecule has 0 bridgehead atoms. The number of amides is 1. The van der Waals surface area contributed by atoms with Gasteiger partial charge in [-0.05, 0) is 17.7 Å². The Kier molecular flexibility index (Phi) is 3.82. The molecule has 1 N–H and O–H groups in total. The van der Waals surface area contributed by atoms with Crippen LogP contribution in [0.4, 0.5) is 0 Å². The first-order valence-electron chi connectivity index (χ1n) is 6.42. The normalized spacial score (nSPS) is 20.7. The first-order valence-corrected chi connectivity index (χ1v) is 7.17. The Morgan fingerprint density at radius 1 is 1.23 bits per heavy atom. The van der Waals surface area contributed by atoms with Crippen LogP contribution in [-0.2, 0) is 11.2 Å². The predicted octanol–water partition coefficient (Wildman–Crippen LogP) is 2.35. The molecule has 22 heavy (non-hydrogen) atoms. The van der Waals surface area contributed by atoms with E-state index >= 15 is 0 Å². The fraction of sp³-hybridized carbons (Fsp3) is 0.143. The lowest BCUT2D eigenvalue weighted by Gasteiger charge is -2.30. The van der Waals surface area contributed by atoms with Crippen LogP contribution in [0.25, 0.3) is 0 Å². The van der Waals surface area contributed by atoms with Gasteiger partial charge in [-0.15, -0.1) is 0 Å². The highest BCUT2D eigenvalue weighted by molar-refractivity contribution is 6.42. The lowest BCUT2D eigenvalue weighted by molar-refractivity contribution is -0.493. The van der Waals surface area contributed by atoms with E-state index in [1.165, 1.54) is 17.3 Å². The second kappa shape index (κ2) is 5.64. The smallest absolute Gasteiger partial charge is 0.364 e. The van der Waals surface area contributed by atoms with Crippen LogP contribution >= 0.6 is 23.2 Å². The molecule has 2 aliphatic heterocycles. The van der Waals surface area contributed by atoms with E-state index in [1.807, 2.05) is 0 Å². The number of hydrogen-bond donors (Lipinski definition) is 1. The monoisotopic (exact) mass is 339 g/mol. The number of hydrogen-bond acceptors (Lipinski definition) is 4. The first-order chi connectivity index (χ1) is 10.5. The van der Waals surface area contributed by atoms with Gasteiger partial charge in [0.2, 0.25) is 0 Å². The van der Waals surface area contributed by atoms with E-state index in [-0.39, 0.29) is 5.84 Å². The van der Waals surface area contributed by atoms with Gasteiger partial charge in [0.25, 0.3) is 0 Å². The third-order valence-electron chi connectivity index (χ3n) is 3.42. The molecular formula is C14H11Cl2N3O3. The summed E-state index contributed by atoms with van der Waals surface area (Å²) in [5.74, 6) is -0.932. The number of amidine groups is 1. The van der Waals surface area contributed by atoms with Crippen LogP contribution in [-0.4, -0.2) is 37.7 Å². The fourth-order valence-corrected chi connectivity index (χ4v) is 2.62. The van der Waals surface area contributed by atoms with Crippen molar-refractivity contribution >= 4 is 34.9 Å². The second-order valence-electron chi connectivity index (χ2n) is 4.87. The second-order valence-corrected chi connectivity index (χ2v) is 5.68. The van der Waals surface area contributed by atoms with E-state index in [9.17, 15) is 15.2 Å². The Labute approximate surface area is 136 Å². The van der Waals surface area contributed by atoms with Crippen LogP contribution in [0, 0.1) is 5.21 Å². The number of rotatable bonds is 2. The largest absolute Gasteiger partial charge is 0.714 e. The molecule has 0 saturated heterocycles. The molecule has 0 radical (unpaired) electrons. The van der Waals surface area contributed by atoms with Crippen molar-refractivity contribution in [1.82, 2.24) is 9.96 Å². The van der Waals surface area contributed by atoms with Crippen LogP contribution in [0.15, 0.2) is 42.9 Å². The minimum atomic E-state index is -0.777. The lowest BCUT2D eigenvalue weighted by atomic mass is 10.0. The molecule has 0 spiro atoms. The SMILES string of the molecule is O=C1C2=[N+]([O-])C(Cc3ccc(Cl)c(Cl)c3)C=CN2C=CN1O. The number of hydroxylamine groups is 3. The summed E-state index contributed by atoms with van der Waals surface area (Å²) in [6, 6.07) is 4.54. The van der Waals surface area contributed by atoms with Crippen molar-refractivity contribution in [3.63, 3.8) is 0 Å². The summed E-state index contributed by atoms with van der Waals surface area (Å²) >= 11 is 11.8. The van der Waals surface area contributed by atoms with Crippen molar-refractivity contribution < 1.29 is 14.7 Å². The molecule has 114 valence electrons. The summed E-state index contributed by atoms with van der Waals surface area (Å²) in [7, 11) is 0. The summed E-state index contributed by atoms with van der Waals surface area (Å²) < 4.78 is 0.581. The molecular weight excluding hydrogens is 329 g/mol. The van der Waals surface area contributed by atoms with E-state index < -0.39 is 11.9 Å². The highest BCUT2D eigenvalue weighted by atomic mass is 35.5. The Hall–Kier alpha value is -2.02. The van der Waals surface area contributed by atoms with E-state index in [0.717, 1.165) is 5.56 Å². The summed E-state index contributed by atoms with van der Waals surface area (Å²) in [6.07, 6.45) is 6.25. The topological polar surface area (TPSA) is 69.9 Å². The molecule has 6 nitrogen and oxygen atoms in total. The molecule has 1 aromatic rings. The summed E-state index contributed by atoms with van der Waals surface area (Å²) in [5.41, 5.74) is 0.818. The summed E-state index contributed by atoms with van der Waals surface area (Å²) in [5, 5.41) is 23.0. The first kappa shape index (κ1) is 14.9. The Balaban J connectivity index is 1.90. The number of benzene rings is 1. The van der Waals surface area contributed by atoms with E-state index in [4.69, 9.17) is 23.2 Å². The van der Waals surface area contributed by atoms with Gasteiger partial charge in [-0.3, -0.25) is 14.7 Å². The van der Waals surface area contributed by atoms with Gasteiger partial charge < -0.3 is 5.21 Å². The van der Waals surface area contributed by atoms with Gasteiger partial charge in [0, 0.05) is 12.5 Å². The number of carbonyl (C=O) groups excluding carboxylic acids is 1. The minimum absolute atomic E-state index is 0.155. The van der Waals surface area contributed by atoms with Crippen molar-refractivity contribution in [2.75, 3.05) is 0 Å². The molecule has 3 rings (SSSR count). The molecule has 0 fully saturated rings. The maximum atomic E-state index is 12.4.